The number of ether oxygens (including phenoxy) is 1. The number of nitrogens with zero attached hydrogens (tertiary/aromatic N) is 1. The molecule has 0 saturated carbocycles. The van der Waals surface area contributed by atoms with Crippen molar-refractivity contribution in [1.29, 1.82) is 0 Å². The van der Waals surface area contributed by atoms with Crippen LogP contribution in [0.25, 0.3) is 0 Å². The number of esters is 1. The average Bonchev–Trinajstić information content (AvgIpc) is 2.90. The zero-order chi connectivity index (χ0) is 16.1. The largest absolute Gasteiger partial charge is 0.449 e. The first-order chi connectivity index (χ1) is 10.5. The van der Waals surface area contributed by atoms with Crippen LogP contribution in [0.3, 0.4) is 0 Å². The predicted molar refractivity (Wildman–Crippen MR) is 86.9 cm³/mol. The average molecular weight is 336 g/mol. The zero-order valence-corrected chi connectivity index (χ0v) is 13.9. The number of hydrogen-bond acceptors (Lipinski definition) is 6. The number of hydrogen-bond donors (Lipinski definition) is 1. The van der Waals surface area contributed by atoms with Gasteiger partial charge in [0.25, 0.3) is 5.91 Å². The van der Waals surface area contributed by atoms with Gasteiger partial charge in [-0.3, -0.25) is 4.79 Å². The van der Waals surface area contributed by atoms with Gasteiger partial charge in [0, 0.05) is 16.8 Å². The molecule has 0 spiro atoms. The van der Waals surface area contributed by atoms with Gasteiger partial charge in [-0.15, -0.1) is 11.3 Å². The summed E-state index contributed by atoms with van der Waals surface area (Å²) < 4.78 is 6.01. The maximum absolute atomic E-state index is 12.1. The molecule has 0 unspecified atom stereocenters. The Morgan fingerprint density at radius 2 is 2.14 bits per heavy atom. The van der Waals surface area contributed by atoms with E-state index in [1.165, 1.54) is 6.92 Å². The topological polar surface area (TPSA) is 82.3 Å². The Balaban J connectivity index is 2.09. The highest BCUT2D eigenvalue weighted by Crippen LogP contribution is 2.27. The fraction of sp³-hybridized carbons (Fsp3) is 0.267. The molecule has 0 aliphatic carbocycles. The quantitative estimate of drug-likeness (QED) is 0.648. The van der Waals surface area contributed by atoms with Gasteiger partial charge in [-0.05, 0) is 25.5 Å². The number of aromatic nitrogens is 1. The Morgan fingerprint density at radius 1 is 1.41 bits per heavy atom. The fourth-order valence-corrected chi connectivity index (χ4v) is 3.52. The van der Waals surface area contributed by atoms with E-state index in [1.54, 1.807) is 35.2 Å². The minimum atomic E-state index is -0.949. The molecular formula is C15H16N2O3S2. The van der Waals surface area contributed by atoms with Crippen molar-refractivity contribution < 1.29 is 14.3 Å². The lowest BCUT2D eigenvalue weighted by atomic mass is 10.1. The van der Waals surface area contributed by atoms with Crippen molar-refractivity contribution >= 4 is 35.0 Å². The summed E-state index contributed by atoms with van der Waals surface area (Å²) in [7, 11) is 0. The number of carbonyl (C=O) groups excluding carboxylic acids is 2. The Hall–Kier alpha value is -1.86. The second-order valence-corrected chi connectivity index (χ2v) is 6.73. The minimum Gasteiger partial charge on any atom is -0.449 e. The number of amides is 1. The van der Waals surface area contributed by atoms with Crippen molar-refractivity contribution in [2.24, 2.45) is 5.73 Å². The number of aryl methyl sites for hydroxylation is 1. The molecule has 0 fully saturated rings. The van der Waals surface area contributed by atoms with Crippen molar-refractivity contribution in [3.8, 4) is 0 Å². The van der Waals surface area contributed by atoms with Crippen molar-refractivity contribution in [2.45, 2.75) is 30.0 Å². The Morgan fingerprint density at radius 3 is 2.77 bits per heavy atom. The van der Waals surface area contributed by atoms with Gasteiger partial charge >= 0.3 is 5.97 Å². The molecule has 22 heavy (non-hydrogen) atoms. The molecule has 5 nitrogen and oxygen atoms in total. The van der Waals surface area contributed by atoms with E-state index in [4.69, 9.17) is 10.5 Å². The van der Waals surface area contributed by atoms with Gasteiger partial charge in [-0.2, -0.15) is 0 Å². The van der Waals surface area contributed by atoms with Crippen molar-refractivity contribution in [3.05, 3.63) is 46.5 Å². The lowest BCUT2D eigenvalue weighted by Crippen LogP contribution is -2.30. The third kappa shape index (κ3) is 4.32. The Kier molecular flexibility index (Phi) is 5.57. The van der Waals surface area contributed by atoms with Gasteiger partial charge in [-0.1, -0.05) is 30.0 Å². The van der Waals surface area contributed by atoms with E-state index in [2.05, 4.69) is 4.98 Å². The molecular weight excluding hydrogens is 320 g/mol. The number of thioether (sulfide) groups is 1. The first kappa shape index (κ1) is 16.5. The molecule has 1 atom stereocenters. The number of nitrogens with two attached hydrogens (primary N) is 1. The molecule has 2 N–H and O–H groups in total. The SMILES string of the molecule is Cc1csc(SCc2ccccc2C(=O)O[C@@H](C)C(N)=O)n1. The third-order valence-corrected chi connectivity index (χ3v) is 5.06. The Labute approximate surface area is 136 Å². The van der Waals surface area contributed by atoms with Crippen LogP contribution < -0.4 is 5.73 Å². The lowest BCUT2D eigenvalue weighted by molar-refractivity contribution is -0.125. The summed E-state index contributed by atoms with van der Waals surface area (Å²) in [5, 5.41) is 1.98. The summed E-state index contributed by atoms with van der Waals surface area (Å²) in [6.45, 7) is 3.40. The van der Waals surface area contributed by atoms with Crippen LogP contribution in [-0.2, 0) is 15.3 Å². The van der Waals surface area contributed by atoms with E-state index in [0.29, 0.717) is 11.3 Å². The van der Waals surface area contributed by atoms with E-state index in [0.717, 1.165) is 15.6 Å². The molecule has 0 radical (unpaired) electrons. The Bertz CT molecular complexity index is 685. The van der Waals surface area contributed by atoms with Crippen LogP contribution >= 0.6 is 23.1 Å². The van der Waals surface area contributed by atoms with Crippen molar-refractivity contribution in [1.82, 2.24) is 4.98 Å². The van der Waals surface area contributed by atoms with Gasteiger partial charge in [-0.25, -0.2) is 9.78 Å². The molecule has 1 heterocycles. The first-order valence-electron chi connectivity index (χ1n) is 6.60. The van der Waals surface area contributed by atoms with Crippen LogP contribution in [0.2, 0.25) is 0 Å². The van der Waals surface area contributed by atoms with Crippen LogP contribution in [0, 0.1) is 6.92 Å². The maximum Gasteiger partial charge on any atom is 0.339 e. The molecule has 2 aromatic rings. The van der Waals surface area contributed by atoms with Gasteiger partial charge < -0.3 is 10.5 Å². The van der Waals surface area contributed by atoms with E-state index in [9.17, 15) is 9.59 Å². The minimum absolute atomic E-state index is 0.441. The zero-order valence-electron chi connectivity index (χ0n) is 12.2. The summed E-state index contributed by atoms with van der Waals surface area (Å²) in [6.07, 6.45) is -0.949. The number of thiazole rings is 1. The van der Waals surface area contributed by atoms with E-state index < -0.39 is 18.0 Å². The molecule has 7 heteroatoms. The van der Waals surface area contributed by atoms with E-state index in [1.807, 2.05) is 24.4 Å². The number of benzene rings is 1. The van der Waals surface area contributed by atoms with E-state index >= 15 is 0 Å². The molecule has 0 aliphatic rings. The number of primary amides is 1. The van der Waals surface area contributed by atoms with Crippen LogP contribution in [-0.4, -0.2) is 23.0 Å². The van der Waals surface area contributed by atoms with Crippen LogP contribution in [0.4, 0.5) is 0 Å². The highest BCUT2D eigenvalue weighted by molar-refractivity contribution is 8.00. The second kappa shape index (κ2) is 7.42. The first-order valence-corrected chi connectivity index (χ1v) is 8.47. The summed E-state index contributed by atoms with van der Waals surface area (Å²) in [4.78, 5) is 27.5. The van der Waals surface area contributed by atoms with Gasteiger partial charge in [0.05, 0.1) is 5.56 Å². The molecule has 1 aromatic heterocycles. The predicted octanol–water partition coefficient (Wildman–Crippen LogP) is 2.77. The maximum atomic E-state index is 12.1. The molecule has 1 aromatic carbocycles. The number of carbonyl (C=O) groups is 2. The van der Waals surface area contributed by atoms with Gasteiger partial charge in [0.1, 0.15) is 4.34 Å². The number of rotatable bonds is 6. The third-order valence-electron chi connectivity index (χ3n) is 2.87. The normalized spacial score (nSPS) is 11.9. The highest BCUT2D eigenvalue weighted by atomic mass is 32.2. The van der Waals surface area contributed by atoms with Gasteiger partial charge in [0.15, 0.2) is 6.10 Å². The fourth-order valence-electron chi connectivity index (χ4n) is 1.67. The molecule has 1 amide bonds. The molecule has 0 saturated heterocycles. The van der Waals surface area contributed by atoms with Crippen molar-refractivity contribution in [2.75, 3.05) is 0 Å². The second-order valence-electron chi connectivity index (χ2n) is 4.65. The van der Waals surface area contributed by atoms with Crippen molar-refractivity contribution in [3.63, 3.8) is 0 Å². The molecule has 2 rings (SSSR count). The van der Waals surface area contributed by atoms with Crippen LogP contribution in [0.15, 0.2) is 34.0 Å². The molecule has 0 bridgehead atoms. The molecule has 116 valence electrons. The van der Waals surface area contributed by atoms with Crippen LogP contribution in [0.5, 0.6) is 0 Å². The van der Waals surface area contributed by atoms with Crippen LogP contribution in [0.1, 0.15) is 28.5 Å². The summed E-state index contributed by atoms with van der Waals surface area (Å²) in [5.74, 6) is -0.611. The standard InChI is InChI=1S/C15H16N2O3S2/c1-9-7-21-15(17-9)22-8-11-5-3-4-6-12(11)14(19)20-10(2)13(16)18/h3-7,10H,8H2,1-2H3,(H2,16,18)/t10-/m0/s1. The summed E-state index contributed by atoms with van der Waals surface area (Å²) in [5.41, 5.74) is 7.37. The summed E-state index contributed by atoms with van der Waals surface area (Å²) in [6, 6.07) is 7.16. The van der Waals surface area contributed by atoms with Gasteiger partial charge in [0.2, 0.25) is 0 Å². The monoisotopic (exact) mass is 336 g/mol. The highest BCUT2D eigenvalue weighted by Gasteiger charge is 2.18. The lowest BCUT2D eigenvalue weighted by Gasteiger charge is -2.12. The van der Waals surface area contributed by atoms with E-state index in [-0.39, 0.29) is 0 Å². The smallest absolute Gasteiger partial charge is 0.339 e. The summed E-state index contributed by atoms with van der Waals surface area (Å²) >= 11 is 3.13. The molecule has 0 aliphatic heterocycles.